The van der Waals surface area contributed by atoms with Crippen LogP contribution < -0.4 is 10.9 Å². The van der Waals surface area contributed by atoms with Gasteiger partial charge in [-0.3, -0.25) is 5.43 Å². The number of halogens is 2. The molecule has 0 aromatic heterocycles. The van der Waals surface area contributed by atoms with Crippen molar-refractivity contribution in [2.45, 2.75) is 24.4 Å². The lowest BCUT2D eigenvalue weighted by atomic mass is 10.0. The number of hydrogen-bond acceptors (Lipinski definition) is 2. The van der Waals surface area contributed by atoms with Crippen LogP contribution in [-0.4, -0.2) is 11.4 Å². The van der Waals surface area contributed by atoms with Crippen LogP contribution in [0.5, 0.6) is 0 Å². The molecule has 76 valence electrons. The molecule has 0 amide bonds. The van der Waals surface area contributed by atoms with Gasteiger partial charge >= 0.3 is 0 Å². The Bertz CT molecular complexity index is 332. The van der Waals surface area contributed by atoms with Gasteiger partial charge < -0.3 is 0 Å². The van der Waals surface area contributed by atoms with E-state index in [9.17, 15) is 0 Å². The van der Waals surface area contributed by atoms with E-state index in [2.05, 4.69) is 45.8 Å². The van der Waals surface area contributed by atoms with Crippen LogP contribution in [0.15, 0.2) is 28.7 Å². The number of hydrogen-bond donors (Lipinski definition) is 2. The lowest BCUT2D eigenvalue weighted by Crippen LogP contribution is -2.29. The number of rotatable bonds is 1. The zero-order chi connectivity index (χ0) is 10.1. The molecule has 0 spiro atoms. The Morgan fingerprint density at radius 3 is 2.71 bits per heavy atom. The molecule has 1 aromatic rings. The van der Waals surface area contributed by atoms with Crippen LogP contribution in [-0.2, 0) is 0 Å². The summed E-state index contributed by atoms with van der Waals surface area (Å²) in [7, 11) is 0. The molecule has 1 aromatic carbocycles. The first-order valence-corrected chi connectivity index (χ1v) is 5.82. The SMILES string of the molecule is CC1NNC(c2cccc(Br)c2)C1Cl. The molecule has 1 aliphatic heterocycles. The molecule has 14 heavy (non-hydrogen) atoms. The van der Waals surface area contributed by atoms with E-state index in [-0.39, 0.29) is 11.4 Å². The van der Waals surface area contributed by atoms with Gasteiger partial charge in [0.15, 0.2) is 0 Å². The van der Waals surface area contributed by atoms with Gasteiger partial charge in [-0.05, 0) is 24.6 Å². The summed E-state index contributed by atoms with van der Waals surface area (Å²) in [6.07, 6.45) is 0. The molecule has 2 nitrogen and oxygen atoms in total. The minimum absolute atomic E-state index is 0.0873. The van der Waals surface area contributed by atoms with Crippen molar-refractivity contribution in [1.29, 1.82) is 0 Å². The van der Waals surface area contributed by atoms with Crippen LogP contribution in [0, 0.1) is 0 Å². The van der Waals surface area contributed by atoms with E-state index in [4.69, 9.17) is 11.6 Å². The standard InChI is InChI=1S/C10H12BrClN2/c1-6-9(12)10(14-13-6)7-3-2-4-8(11)5-7/h2-6,9-10,13-14H,1H3. The Morgan fingerprint density at radius 1 is 1.36 bits per heavy atom. The first-order chi connectivity index (χ1) is 6.68. The third-order valence-corrected chi connectivity index (χ3v) is 3.59. The smallest absolute Gasteiger partial charge is 0.0707 e. The molecule has 1 heterocycles. The highest BCUT2D eigenvalue weighted by molar-refractivity contribution is 9.10. The average Bonchev–Trinajstić information content (AvgIpc) is 2.48. The molecule has 3 unspecified atom stereocenters. The number of benzene rings is 1. The minimum Gasteiger partial charge on any atom is -0.253 e. The predicted octanol–water partition coefficient (Wildman–Crippen LogP) is 2.59. The average molecular weight is 276 g/mol. The summed E-state index contributed by atoms with van der Waals surface area (Å²) < 4.78 is 1.08. The molecule has 0 radical (unpaired) electrons. The van der Waals surface area contributed by atoms with Crippen molar-refractivity contribution in [1.82, 2.24) is 10.9 Å². The second-order valence-corrected chi connectivity index (χ2v) is 4.97. The number of nitrogens with one attached hydrogen (secondary N) is 2. The van der Waals surface area contributed by atoms with Crippen LogP contribution >= 0.6 is 27.5 Å². The maximum Gasteiger partial charge on any atom is 0.0707 e. The van der Waals surface area contributed by atoms with Gasteiger partial charge in [0.05, 0.1) is 11.4 Å². The van der Waals surface area contributed by atoms with Gasteiger partial charge in [-0.25, -0.2) is 5.43 Å². The molecule has 1 aliphatic rings. The molecular formula is C10H12BrClN2. The van der Waals surface area contributed by atoms with Crippen LogP contribution in [0.1, 0.15) is 18.5 Å². The van der Waals surface area contributed by atoms with Crippen molar-refractivity contribution in [3.8, 4) is 0 Å². The van der Waals surface area contributed by atoms with Gasteiger partial charge in [-0.1, -0.05) is 28.1 Å². The fourth-order valence-corrected chi connectivity index (χ4v) is 2.32. The van der Waals surface area contributed by atoms with Crippen molar-refractivity contribution in [2.75, 3.05) is 0 Å². The fraction of sp³-hybridized carbons (Fsp3) is 0.400. The first-order valence-electron chi connectivity index (χ1n) is 4.59. The Morgan fingerprint density at radius 2 is 2.14 bits per heavy atom. The van der Waals surface area contributed by atoms with Crippen molar-refractivity contribution in [2.24, 2.45) is 0 Å². The number of alkyl halides is 1. The topological polar surface area (TPSA) is 24.1 Å². The molecule has 2 N–H and O–H groups in total. The number of hydrazine groups is 1. The Kier molecular flexibility index (Phi) is 3.12. The zero-order valence-electron chi connectivity index (χ0n) is 7.80. The third kappa shape index (κ3) is 1.96. The quantitative estimate of drug-likeness (QED) is 0.770. The lowest BCUT2D eigenvalue weighted by molar-refractivity contribution is 0.560. The molecule has 1 fully saturated rings. The van der Waals surface area contributed by atoms with Crippen molar-refractivity contribution >= 4 is 27.5 Å². The van der Waals surface area contributed by atoms with Gasteiger partial charge in [0, 0.05) is 10.5 Å². The highest BCUT2D eigenvalue weighted by Gasteiger charge is 2.32. The van der Waals surface area contributed by atoms with Gasteiger partial charge in [0.2, 0.25) is 0 Å². The molecular weight excluding hydrogens is 263 g/mol. The predicted molar refractivity (Wildman–Crippen MR) is 62.3 cm³/mol. The third-order valence-electron chi connectivity index (χ3n) is 2.47. The monoisotopic (exact) mass is 274 g/mol. The minimum atomic E-state index is 0.0873. The summed E-state index contributed by atoms with van der Waals surface area (Å²) in [5.41, 5.74) is 7.54. The molecule has 2 rings (SSSR count). The van der Waals surface area contributed by atoms with E-state index in [0.717, 1.165) is 4.47 Å². The molecule has 0 bridgehead atoms. The largest absolute Gasteiger partial charge is 0.253 e. The van der Waals surface area contributed by atoms with E-state index in [1.165, 1.54) is 5.56 Å². The Hall–Kier alpha value is -0.0900. The summed E-state index contributed by atoms with van der Waals surface area (Å²) in [5.74, 6) is 0. The van der Waals surface area contributed by atoms with E-state index in [0.29, 0.717) is 6.04 Å². The fourth-order valence-electron chi connectivity index (χ4n) is 1.64. The summed E-state index contributed by atoms with van der Waals surface area (Å²) in [6.45, 7) is 2.07. The van der Waals surface area contributed by atoms with Gasteiger partial charge in [0.1, 0.15) is 0 Å². The van der Waals surface area contributed by atoms with E-state index >= 15 is 0 Å². The Balaban J connectivity index is 2.23. The van der Waals surface area contributed by atoms with Crippen molar-refractivity contribution in [3.63, 3.8) is 0 Å². The summed E-state index contributed by atoms with van der Waals surface area (Å²) >= 11 is 9.73. The maximum atomic E-state index is 6.28. The van der Waals surface area contributed by atoms with Gasteiger partial charge in [-0.2, -0.15) is 0 Å². The highest BCUT2D eigenvalue weighted by Crippen LogP contribution is 2.28. The van der Waals surface area contributed by atoms with Gasteiger partial charge in [-0.15, -0.1) is 11.6 Å². The van der Waals surface area contributed by atoms with Crippen LogP contribution in [0.25, 0.3) is 0 Å². The molecule has 4 heteroatoms. The van der Waals surface area contributed by atoms with Crippen LogP contribution in [0.3, 0.4) is 0 Å². The van der Waals surface area contributed by atoms with E-state index < -0.39 is 0 Å². The van der Waals surface area contributed by atoms with Gasteiger partial charge in [0.25, 0.3) is 0 Å². The van der Waals surface area contributed by atoms with Crippen LogP contribution in [0.4, 0.5) is 0 Å². The summed E-state index contributed by atoms with van der Waals surface area (Å²) in [5, 5.41) is 0.0873. The molecule has 0 aliphatic carbocycles. The Labute approximate surface area is 97.1 Å². The van der Waals surface area contributed by atoms with Crippen molar-refractivity contribution < 1.29 is 0 Å². The summed E-state index contributed by atoms with van der Waals surface area (Å²) in [6, 6.07) is 8.68. The van der Waals surface area contributed by atoms with Crippen LogP contribution in [0.2, 0.25) is 0 Å². The zero-order valence-corrected chi connectivity index (χ0v) is 10.1. The highest BCUT2D eigenvalue weighted by atomic mass is 79.9. The summed E-state index contributed by atoms with van der Waals surface area (Å²) in [4.78, 5) is 0. The van der Waals surface area contributed by atoms with E-state index in [1.54, 1.807) is 0 Å². The molecule has 1 saturated heterocycles. The molecule has 0 saturated carbocycles. The first kappa shape index (κ1) is 10.4. The maximum absolute atomic E-state index is 6.28. The second kappa shape index (κ2) is 4.19. The lowest BCUT2D eigenvalue weighted by Gasteiger charge is -2.14. The second-order valence-electron chi connectivity index (χ2n) is 3.55. The molecule has 3 atom stereocenters. The van der Waals surface area contributed by atoms with E-state index in [1.807, 2.05) is 12.1 Å². The van der Waals surface area contributed by atoms with Crippen molar-refractivity contribution in [3.05, 3.63) is 34.3 Å². The normalized spacial score (nSPS) is 32.1.